The van der Waals surface area contributed by atoms with Crippen molar-refractivity contribution in [1.29, 1.82) is 0 Å². The predicted molar refractivity (Wildman–Crippen MR) is 68.6 cm³/mol. The average Bonchev–Trinajstić information content (AvgIpc) is 2.34. The number of methoxy groups -OCH3 is 1. The second-order valence-corrected chi connectivity index (χ2v) is 4.34. The first-order valence-electron chi connectivity index (χ1n) is 6.33. The van der Waals surface area contributed by atoms with Gasteiger partial charge in [0.2, 0.25) is 0 Å². The van der Waals surface area contributed by atoms with Crippen LogP contribution in [0.15, 0.2) is 18.2 Å². The fourth-order valence-electron chi connectivity index (χ4n) is 1.99. The van der Waals surface area contributed by atoms with Gasteiger partial charge in [0.1, 0.15) is 0 Å². The van der Waals surface area contributed by atoms with Gasteiger partial charge < -0.3 is 10.1 Å². The highest BCUT2D eigenvalue weighted by Crippen LogP contribution is 2.12. The smallest absolute Gasteiger partial charge is 0.159 e. The van der Waals surface area contributed by atoms with Gasteiger partial charge in [-0.15, -0.1) is 0 Å². The SMILES string of the molecule is CCNC(CCCOC)Cc1ccc(F)c(F)c1. The van der Waals surface area contributed by atoms with Crippen LogP contribution in [0.25, 0.3) is 0 Å². The Balaban J connectivity index is 2.55. The summed E-state index contributed by atoms with van der Waals surface area (Å²) in [4.78, 5) is 0. The number of likely N-dealkylation sites (N-methyl/N-ethyl adjacent to an activating group) is 1. The van der Waals surface area contributed by atoms with Crippen LogP contribution >= 0.6 is 0 Å². The highest BCUT2D eigenvalue weighted by atomic mass is 19.2. The molecule has 0 aliphatic carbocycles. The number of nitrogens with one attached hydrogen (secondary N) is 1. The molecule has 2 nitrogen and oxygen atoms in total. The van der Waals surface area contributed by atoms with Crippen LogP contribution in [0.2, 0.25) is 0 Å². The van der Waals surface area contributed by atoms with E-state index in [0.717, 1.165) is 31.6 Å². The quantitative estimate of drug-likeness (QED) is 0.723. The van der Waals surface area contributed by atoms with Crippen LogP contribution < -0.4 is 5.32 Å². The molecule has 1 atom stereocenters. The summed E-state index contributed by atoms with van der Waals surface area (Å²) in [5.74, 6) is -1.57. The molecular formula is C14H21F2NO. The summed E-state index contributed by atoms with van der Waals surface area (Å²) < 4.78 is 31.0. The maximum Gasteiger partial charge on any atom is 0.159 e. The number of halogens is 2. The zero-order chi connectivity index (χ0) is 13.4. The second-order valence-electron chi connectivity index (χ2n) is 4.34. The Labute approximate surface area is 107 Å². The summed E-state index contributed by atoms with van der Waals surface area (Å²) >= 11 is 0. The van der Waals surface area contributed by atoms with Gasteiger partial charge in [0.15, 0.2) is 11.6 Å². The standard InChI is InChI=1S/C14H21F2NO/c1-3-17-12(5-4-8-18-2)9-11-6-7-13(15)14(16)10-11/h6-7,10,12,17H,3-5,8-9H2,1-2H3. The van der Waals surface area contributed by atoms with Crippen molar-refractivity contribution in [2.75, 3.05) is 20.3 Å². The third-order valence-electron chi connectivity index (χ3n) is 2.86. The predicted octanol–water partition coefficient (Wildman–Crippen LogP) is 2.91. The van der Waals surface area contributed by atoms with Crippen molar-refractivity contribution < 1.29 is 13.5 Å². The van der Waals surface area contributed by atoms with Crippen LogP contribution in [0.3, 0.4) is 0 Å². The van der Waals surface area contributed by atoms with Crippen LogP contribution in [0.4, 0.5) is 8.78 Å². The first-order valence-corrected chi connectivity index (χ1v) is 6.33. The van der Waals surface area contributed by atoms with Gasteiger partial charge in [-0.2, -0.15) is 0 Å². The third-order valence-corrected chi connectivity index (χ3v) is 2.86. The molecule has 1 aromatic carbocycles. The van der Waals surface area contributed by atoms with Crippen molar-refractivity contribution in [3.05, 3.63) is 35.4 Å². The second kappa shape index (κ2) is 8.16. The van der Waals surface area contributed by atoms with Crippen LogP contribution in [-0.4, -0.2) is 26.3 Å². The summed E-state index contributed by atoms with van der Waals surface area (Å²) in [5.41, 5.74) is 0.817. The number of rotatable bonds is 8. The Morgan fingerprint density at radius 2 is 2.06 bits per heavy atom. The lowest BCUT2D eigenvalue weighted by Crippen LogP contribution is -2.31. The Morgan fingerprint density at radius 1 is 1.28 bits per heavy atom. The largest absolute Gasteiger partial charge is 0.385 e. The van der Waals surface area contributed by atoms with E-state index in [4.69, 9.17) is 4.74 Å². The van der Waals surface area contributed by atoms with Crippen molar-refractivity contribution in [3.8, 4) is 0 Å². The van der Waals surface area contributed by atoms with E-state index in [1.165, 1.54) is 12.1 Å². The Morgan fingerprint density at radius 3 is 2.67 bits per heavy atom. The van der Waals surface area contributed by atoms with E-state index in [1.54, 1.807) is 13.2 Å². The van der Waals surface area contributed by atoms with Crippen molar-refractivity contribution in [1.82, 2.24) is 5.32 Å². The summed E-state index contributed by atoms with van der Waals surface area (Å²) in [6, 6.07) is 4.37. The molecule has 102 valence electrons. The van der Waals surface area contributed by atoms with Crippen molar-refractivity contribution >= 4 is 0 Å². The molecule has 0 saturated heterocycles. The molecule has 18 heavy (non-hydrogen) atoms. The molecule has 0 fully saturated rings. The molecule has 0 aliphatic heterocycles. The summed E-state index contributed by atoms with van der Waals surface area (Å²) in [6.45, 7) is 3.62. The minimum atomic E-state index is -0.793. The molecule has 1 rings (SSSR count). The fourth-order valence-corrected chi connectivity index (χ4v) is 1.99. The first-order chi connectivity index (χ1) is 8.67. The molecule has 0 amide bonds. The number of hydrogen-bond donors (Lipinski definition) is 1. The van der Waals surface area contributed by atoms with Gasteiger partial charge in [-0.3, -0.25) is 0 Å². The Hall–Kier alpha value is -1.00. The van der Waals surface area contributed by atoms with Gasteiger partial charge in [0, 0.05) is 19.8 Å². The van der Waals surface area contributed by atoms with E-state index in [0.29, 0.717) is 6.42 Å². The monoisotopic (exact) mass is 257 g/mol. The van der Waals surface area contributed by atoms with Crippen LogP contribution in [0, 0.1) is 11.6 Å². The van der Waals surface area contributed by atoms with Crippen molar-refractivity contribution in [2.24, 2.45) is 0 Å². The summed E-state index contributed by atoms with van der Waals surface area (Å²) in [7, 11) is 1.68. The number of benzene rings is 1. The normalized spacial score (nSPS) is 12.7. The van der Waals surface area contributed by atoms with Crippen LogP contribution in [0.1, 0.15) is 25.3 Å². The minimum Gasteiger partial charge on any atom is -0.385 e. The van der Waals surface area contributed by atoms with Gasteiger partial charge in [-0.1, -0.05) is 13.0 Å². The molecule has 0 aromatic heterocycles. The molecule has 0 aliphatic rings. The lowest BCUT2D eigenvalue weighted by atomic mass is 10.0. The molecule has 4 heteroatoms. The van der Waals surface area contributed by atoms with E-state index < -0.39 is 11.6 Å². The molecular weight excluding hydrogens is 236 g/mol. The van der Waals surface area contributed by atoms with Gasteiger partial charge in [-0.25, -0.2) is 8.78 Å². The molecule has 0 heterocycles. The zero-order valence-electron chi connectivity index (χ0n) is 11.0. The number of ether oxygens (including phenoxy) is 1. The van der Waals surface area contributed by atoms with Crippen LogP contribution in [0.5, 0.6) is 0 Å². The van der Waals surface area contributed by atoms with E-state index in [2.05, 4.69) is 5.32 Å². The Bertz CT molecular complexity index is 358. The molecule has 0 saturated carbocycles. The molecule has 0 radical (unpaired) electrons. The van der Waals surface area contributed by atoms with E-state index in [1.807, 2.05) is 6.92 Å². The Kier molecular flexibility index (Phi) is 6.83. The van der Waals surface area contributed by atoms with Gasteiger partial charge >= 0.3 is 0 Å². The van der Waals surface area contributed by atoms with E-state index in [9.17, 15) is 8.78 Å². The van der Waals surface area contributed by atoms with Crippen molar-refractivity contribution in [3.63, 3.8) is 0 Å². The summed E-state index contributed by atoms with van der Waals surface area (Å²) in [6.07, 6.45) is 2.62. The minimum absolute atomic E-state index is 0.273. The highest BCUT2D eigenvalue weighted by Gasteiger charge is 2.10. The topological polar surface area (TPSA) is 21.3 Å². The molecule has 0 spiro atoms. The molecule has 1 unspecified atom stereocenters. The zero-order valence-corrected chi connectivity index (χ0v) is 11.0. The van der Waals surface area contributed by atoms with Crippen molar-refractivity contribution in [2.45, 2.75) is 32.2 Å². The van der Waals surface area contributed by atoms with Crippen LogP contribution in [-0.2, 0) is 11.2 Å². The molecule has 1 N–H and O–H groups in total. The maximum atomic E-state index is 13.1. The molecule has 0 bridgehead atoms. The lowest BCUT2D eigenvalue weighted by molar-refractivity contribution is 0.188. The fraction of sp³-hybridized carbons (Fsp3) is 0.571. The van der Waals surface area contributed by atoms with Gasteiger partial charge in [-0.05, 0) is 43.5 Å². The summed E-state index contributed by atoms with van der Waals surface area (Å²) in [5, 5.41) is 3.35. The highest BCUT2D eigenvalue weighted by molar-refractivity contribution is 5.18. The first kappa shape index (κ1) is 15.1. The lowest BCUT2D eigenvalue weighted by Gasteiger charge is -2.17. The number of hydrogen-bond acceptors (Lipinski definition) is 2. The maximum absolute atomic E-state index is 13.1. The van der Waals surface area contributed by atoms with E-state index in [-0.39, 0.29) is 6.04 Å². The van der Waals surface area contributed by atoms with Gasteiger partial charge in [0.25, 0.3) is 0 Å². The average molecular weight is 257 g/mol. The van der Waals surface area contributed by atoms with Gasteiger partial charge in [0.05, 0.1) is 0 Å². The van der Waals surface area contributed by atoms with E-state index >= 15 is 0 Å². The molecule has 1 aromatic rings. The third kappa shape index (κ3) is 5.10.